The number of methoxy groups -OCH3 is 1. The Morgan fingerprint density at radius 2 is 2.19 bits per heavy atom. The van der Waals surface area contributed by atoms with Gasteiger partial charge in [-0.15, -0.1) is 0 Å². The van der Waals surface area contributed by atoms with Gasteiger partial charge in [-0.1, -0.05) is 24.6 Å². The minimum Gasteiger partial charge on any atom is -0.390 e. The fraction of sp³-hybridized carbons (Fsp3) is 0.500. The normalized spacial score (nSPS) is 14.8. The fourth-order valence-electron chi connectivity index (χ4n) is 1.64. The lowest BCUT2D eigenvalue weighted by atomic mass is 10.0. The third-order valence-electron chi connectivity index (χ3n) is 2.58. The van der Waals surface area contributed by atoms with E-state index in [-0.39, 0.29) is 11.9 Å². The van der Waals surface area contributed by atoms with E-state index in [0.29, 0.717) is 11.4 Å². The van der Waals surface area contributed by atoms with Crippen LogP contribution in [0.3, 0.4) is 0 Å². The van der Waals surface area contributed by atoms with Crippen LogP contribution in [0.1, 0.15) is 18.9 Å². The van der Waals surface area contributed by atoms with Crippen LogP contribution in [0.4, 0.5) is 4.39 Å². The topological polar surface area (TPSA) is 29.5 Å². The van der Waals surface area contributed by atoms with Gasteiger partial charge in [0.15, 0.2) is 0 Å². The van der Waals surface area contributed by atoms with Crippen molar-refractivity contribution in [3.05, 3.63) is 34.6 Å². The van der Waals surface area contributed by atoms with Gasteiger partial charge < -0.3 is 9.84 Å². The molecule has 1 N–H and O–H groups in total. The van der Waals surface area contributed by atoms with Crippen molar-refractivity contribution in [1.29, 1.82) is 0 Å². The van der Waals surface area contributed by atoms with Crippen molar-refractivity contribution < 1.29 is 14.2 Å². The zero-order chi connectivity index (χ0) is 12.1. The molecular formula is C12H16ClFO2. The summed E-state index contributed by atoms with van der Waals surface area (Å²) in [5, 5.41) is 10.2. The van der Waals surface area contributed by atoms with Gasteiger partial charge in [-0.3, -0.25) is 0 Å². The maximum Gasteiger partial charge on any atom is 0.124 e. The molecule has 2 unspecified atom stereocenters. The highest BCUT2D eigenvalue weighted by Crippen LogP contribution is 2.20. The Morgan fingerprint density at radius 1 is 1.50 bits per heavy atom. The number of aliphatic hydroxyl groups is 1. The van der Waals surface area contributed by atoms with Gasteiger partial charge in [-0.2, -0.15) is 0 Å². The highest BCUT2D eigenvalue weighted by molar-refractivity contribution is 6.31. The molecule has 0 aromatic heterocycles. The van der Waals surface area contributed by atoms with E-state index < -0.39 is 6.10 Å². The van der Waals surface area contributed by atoms with Crippen molar-refractivity contribution in [2.24, 2.45) is 0 Å². The van der Waals surface area contributed by atoms with E-state index >= 15 is 0 Å². The molecule has 1 aromatic carbocycles. The van der Waals surface area contributed by atoms with E-state index in [9.17, 15) is 9.50 Å². The van der Waals surface area contributed by atoms with E-state index in [1.807, 2.05) is 6.92 Å². The molecule has 90 valence electrons. The van der Waals surface area contributed by atoms with E-state index in [1.54, 1.807) is 13.2 Å². The molecular weight excluding hydrogens is 231 g/mol. The van der Waals surface area contributed by atoms with Gasteiger partial charge in [0.1, 0.15) is 5.82 Å². The van der Waals surface area contributed by atoms with Gasteiger partial charge in [-0.25, -0.2) is 4.39 Å². The lowest BCUT2D eigenvalue weighted by Gasteiger charge is -2.20. The van der Waals surface area contributed by atoms with Crippen LogP contribution in [0.2, 0.25) is 5.02 Å². The third kappa shape index (κ3) is 3.44. The average molecular weight is 247 g/mol. The van der Waals surface area contributed by atoms with Crippen LogP contribution in [-0.2, 0) is 11.2 Å². The predicted molar refractivity (Wildman–Crippen MR) is 62.2 cm³/mol. The molecule has 0 aliphatic carbocycles. The molecule has 0 aliphatic rings. The molecule has 16 heavy (non-hydrogen) atoms. The predicted octanol–water partition coefficient (Wildman–Crippen LogP) is 2.81. The molecule has 4 heteroatoms. The SMILES string of the molecule is CCC(OC)C(O)Cc1ccc(F)cc1Cl. The van der Waals surface area contributed by atoms with E-state index in [1.165, 1.54) is 12.1 Å². The highest BCUT2D eigenvalue weighted by atomic mass is 35.5. The molecule has 1 aromatic rings. The van der Waals surface area contributed by atoms with Crippen molar-refractivity contribution in [3.8, 4) is 0 Å². The molecule has 0 saturated carbocycles. The molecule has 1 rings (SSSR count). The standard InChI is InChI=1S/C12H16ClFO2/c1-3-12(16-2)11(15)6-8-4-5-9(14)7-10(8)13/h4-5,7,11-12,15H,3,6H2,1-2H3. The maximum atomic E-state index is 12.8. The van der Waals surface area contributed by atoms with Gasteiger partial charge in [0.2, 0.25) is 0 Å². The Labute approximate surface area is 100.0 Å². The Morgan fingerprint density at radius 3 is 2.69 bits per heavy atom. The summed E-state index contributed by atoms with van der Waals surface area (Å²) in [4.78, 5) is 0. The summed E-state index contributed by atoms with van der Waals surface area (Å²) in [6, 6.07) is 4.17. The summed E-state index contributed by atoms with van der Waals surface area (Å²) in [6.07, 6.45) is 0.237. The van der Waals surface area contributed by atoms with Crippen LogP contribution >= 0.6 is 11.6 Å². The van der Waals surface area contributed by atoms with Crippen molar-refractivity contribution in [1.82, 2.24) is 0 Å². The van der Waals surface area contributed by atoms with Crippen molar-refractivity contribution in [3.63, 3.8) is 0 Å². The first-order valence-corrected chi connectivity index (χ1v) is 5.61. The van der Waals surface area contributed by atoms with Gasteiger partial charge in [-0.05, 0) is 24.1 Å². The Bertz CT molecular complexity index is 340. The summed E-state index contributed by atoms with van der Waals surface area (Å²) in [5.41, 5.74) is 0.728. The number of halogens is 2. The Balaban J connectivity index is 2.72. The second-order valence-electron chi connectivity index (χ2n) is 3.69. The quantitative estimate of drug-likeness (QED) is 0.866. The molecule has 2 atom stereocenters. The number of ether oxygens (including phenoxy) is 1. The number of benzene rings is 1. The molecule has 0 amide bonds. The summed E-state index contributed by atoms with van der Waals surface area (Å²) in [6.45, 7) is 1.93. The van der Waals surface area contributed by atoms with Crippen LogP contribution in [0.15, 0.2) is 18.2 Å². The zero-order valence-electron chi connectivity index (χ0n) is 9.41. The smallest absolute Gasteiger partial charge is 0.124 e. The van der Waals surface area contributed by atoms with Crippen LogP contribution in [0.25, 0.3) is 0 Å². The van der Waals surface area contributed by atoms with Gasteiger partial charge >= 0.3 is 0 Å². The second-order valence-corrected chi connectivity index (χ2v) is 4.10. The minimum atomic E-state index is -0.627. The van der Waals surface area contributed by atoms with Crippen molar-refractivity contribution in [2.75, 3.05) is 7.11 Å². The lowest BCUT2D eigenvalue weighted by Crippen LogP contribution is -2.29. The summed E-state index contributed by atoms with van der Waals surface area (Å²) >= 11 is 5.87. The van der Waals surface area contributed by atoms with E-state index in [4.69, 9.17) is 16.3 Å². The first-order valence-electron chi connectivity index (χ1n) is 5.23. The second kappa shape index (κ2) is 6.18. The Hall–Kier alpha value is -0.640. The van der Waals surface area contributed by atoms with Crippen molar-refractivity contribution >= 4 is 11.6 Å². The monoisotopic (exact) mass is 246 g/mol. The van der Waals surface area contributed by atoms with Gasteiger partial charge in [0, 0.05) is 18.6 Å². The van der Waals surface area contributed by atoms with Crippen LogP contribution in [0.5, 0.6) is 0 Å². The minimum absolute atomic E-state index is 0.221. The fourth-order valence-corrected chi connectivity index (χ4v) is 1.88. The Kier molecular flexibility index (Phi) is 5.19. The number of rotatable bonds is 5. The number of aliphatic hydroxyl groups excluding tert-OH is 1. The van der Waals surface area contributed by atoms with Crippen LogP contribution < -0.4 is 0 Å². The molecule has 0 bridgehead atoms. The molecule has 0 saturated heterocycles. The van der Waals surface area contributed by atoms with E-state index in [0.717, 1.165) is 12.0 Å². The van der Waals surface area contributed by atoms with Gasteiger partial charge in [0.25, 0.3) is 0 Å². The van der Waals surface area contributed by atoms with Crippen LogP contribution in [0, 0.1) is 5.82 Å². The summed E-state index contributed by atoms with van der Waals surface area (Å²) < 4.78 is 17.9. The highest BCUT2D eigenvalue weighted by Gasteiger charge is 2.18. The molecule has 0 spiro atoms. The molecule has 0 aliphatic heterocycles. The zero-order valence-corrected chi connectivity index (χ0v) is 10.2. The molecule has 2 nitrogen and oxygen atoms in total. The molecule has 0 fully saturated rings. The molecule has 0 heterocycles. The average Bonchev–Trinajstić information content (AvgIpc) is 2.24. The number of hydrogen-bond acceptors (Lipinski definition) is 2. The van der Waals surface area contributed by atoms with Gasteiger partial charge in [0.05, 0.1) is 12.2 Å². The van der Waals surface area contributed by atoms with E-state index in [2.05, 4.69) is 0 Å². The third-order valence-corrected chi connectivity index (χ3v) is 2.93. The first kappa shape index (κ1) is 13.4. The maximum absolute atomic E-state index is 12.8. The first-order chi connectivity index (χ1) is 7.58. The summed E-state index contributed by atoms with van der Waals surface area (Å²) in [7, 11) is 1.56. The largest absolute Gasteiger partial charge is 0.390 e. The number of hydrogen-bond donors (Lipinski definition) is 1. The lowest BCUT2D eigenvalue weighted by molar-refractivity contribution is -0.0128. The van der Waals surface area contributed by atoms with Crippen molar-refractivity contribution in [2.45, 2.75) is 32.0 Å². The van der Waals surface area contributed by atoms with Crippen LogP contribution in [-0.4, -0.2) is 24.4 Å². The molecule has 0 radical (unpaired) electrons. The summed E-state index contributed by atoms with van der Waals surface area (Å²) in [5.74, 6) is -0.373.